The number of carbonyl (C=O) groups excluding carboxylic acids is 2. The zero-order valence-corrected chi connectivity index (χ0v) is 14.1. The molecule has 25 heavy (non-hydrogen) atoms. The number of anilines is 2. The summed E-state index contributed by atoms with van der Waals surface area (Å²) in [5.41, 5.74) is 2.87. The number of hydrogen-bond acceptors (Lipinski definition) is 4. The Hall–Kier alpha value is -2.99. The Kier molecular flexibility index (Phi) is 4.03. The van der Waals surface area contributed by atoms with Crippen molar-refractivity contribution in [2.75, 3.05) is 16.8 Å². The van der Waals surface area contributed by atoms with Gasteiger partial charge in [0.1, 0.15) is 12.2 Å². The molecule has 0 bridgehead atoms. The molecule has 6 heteroatoms. The Morgan fingerprint density at radius 2 is 1.88 bits per heavy atom. The normalized spacial score (nSPS) is 13.3. The van der Waals surface area contributed by atoms with Crippen molar-refractivity contribution in [1.82, 2.24) is 4.98 Å². The highest BCUT2D eigenvalue weighted by Crippen LogP contribution is 2.30. The lowest BCUT2D eigenvalue weighted by Crippen LogP contribution is -2.42. The molecule has 1 aromatic heterocycles. The number of amides is 2. The Morgan fingerprint density at radius 1 is 1.12 bits per heavy atom. The third-order valence-electron chi connectivity index (χ3n) is 3.98. The van der Waals surface area contributed by atoms with Gasteiger partial charge in [0.2, 0.25) is 5.91 Å². The van der Waals surface area contributed by atoms with Crippen molar-refractivity contribution >= 4 is 34.5 Å². The topological polar surface area (TPSA) is 62.3 Å². The van der Waals surface area contributed by atoms with Crippen LogP contribution in [-0.2, 0) is 11.2 Å². The number of rotatable bonds is 3. The molecule has 1 N–H and O–H groups in total. The number of para-hydroxylation sites is 2. The quantitative estimate of drug-likeness (QED) is 0.789. The van der Waals surface area contributed by atoms with E-state index in [9.17, 15) is 9.59 Å². The first-order valence-corrected chi connectivity index (χ1v) is 8.78. The van der Waals surface area contributed by atoms with Crippen molar-refractivity contribution in [3.8, 4) is 0 Å². The van der Waals surface area contributed by atoms with Crippen LogP contribution in [0.3, 0.4) is 0 Å². The lowest BCUT2D eigenvalue weighted by Gasteiger charge is -2.28. The third-order valence-corrected chi connectivity index (χ3v) is 4.83. The Morgan fingerprint density at radius 3 is 2.72 bits per heavy atom. The molecule has 5 nitrogen and oxygen atoms in total. The number of nitrogens with zero attached hydrogens (tertiary/aromatic N) is 2. The predicted molar refractivity (Wildman–Crippen MR) is 98.1 cm³/mol. The van der Waals surface area contributed by atoms with E-state index < -0.39 is 0 Å². The zero-order chi connectivity index (χ0) is 17.2. The summed E-state index contributed by atoms with van der Waals surface area (Å²) in [6.07, 6.45) is 0.690. The second kappa shape index (κ2) is 6.49. The summed E-state index contributed by atoms with van der Waals surface area (Å²) in [4.78, 5) is 30.7. The van der Waals surface area contributed by atoms with Gasteiger partial charge in [-0.1, -0.05) is 42.5 Å². The number of benzene rings is 2. The van der Waals surface area contributed by atoms with E-state index in [2.05, 4.69) is 10.3 Å². The second-order valence-electron chi connectivity index (χ2n) is 5.75. The fourth-order valence-corrected chi connectivity index (χ4v) is 3.62. The largest absolute Gasteiger partial charge is 0.323 e. The third kappa shape index (κ3) is 3.16. The van der Waals surface area contributed by atoms with Crippen LogP contribution in [0.2, 0.25) is 0 Å². The molecule has 0 aliphatic carbocycles. The number of carbonyl (C=O) groups is 2. The minimum absolute atomic E-state index is 0.00138. The van der Waals surface area contributed by atoms with Crippen molar-refractivity contribution in [2.24, 2.45) is 0 Å². The van der Waals surface area contributed by atoms with Gasteiger partial charge in [0.15, 0.2) is 0 Å². The number of fused-ring (bicyclic) bond motifs is 1. The molecular weight excluding hydrogens is 334 g/mol. The highest BCUT2D eigenvalue weighted by atomic mass is 32.1. The fraction of sp³-hybridized carbons (Fsp3) is 0.105. The summed E-state index contributed by atoms with van der Waals surface area (Å²) >= 11 is 1.46. The van der Waals surface area contributed by atoms with Gasteiger partial charge in [0.05, 0.1) is 16.4 Å². The lowest BCUT2D eigenvalue weighted by molar-refractivity contribution is -0.115. The van der Waals surface area contributed by atoms with Crippen molar-refractivity contribution < 1.29 is 9.59 Å². The van der Waals surface area contributed by atoms with Crippen LogP contribution in [0.4, 0.5) is 11.4 Å². The van der Waals surface area contributed by atoms with Crippen molar-refractivity contribution in [3.63, 3.8) is 0 Å². The van der Waals surface area contributed by atoms with Crippen LogP contribution >= 0.6 is 11.3 Å². The maximum atomic E-state index is 12.9. The average Bonchev–Trinajstić information content (AvgIpc) is 3.09. The SMILES string of the molecule is O=C1CN(C(=O)c2csc(Cc3ccccc3)n2)c2ccccc2N1. The first kappa shape index (κ1) is 15.5. The molecule has 0 saturated carbocycles. The predicted octanol–water partition coefficient (Wildman–Crippen LogP) is 3.33. The highest BCUT2D eigenvalue weighted by Gasteiger charge is 2.28. The molecule has 3 aromatic rings. The van der Waals surface area contributed by atoms with Gasteiger partial charge in [0.25, 0.3) is 5.91 Å². The van der Waals surface area contributed by atoms with Crippen molar-refractivity contribution in [2.45, 2.75) is 6.42 Å². The van der Waals surface area contributed by atoms with Gasteiger partial charge >= 0.3 is 0 Å². The fourth-order valence-electron chi connectivity index (χ4n) is 2.81. The molecule has 0 radical (unpaired) electrons. The van der Waals surface area contributed by atoms with E-state index in [0.29, 0.717) is 23.5 Å². The van der Waals surface area contributed by atoms with Crippen LogP contribution in [0, 0.1) is 0 Å². The van der Waals surface area contributed by atoms with Gasteiger partial charge < -0.3 is 5.32 Å². The Bertz CT molecular complexity index is 937. The molecule has 2 heterocycles. The van der Waals surface area contributed by atoms with Crippen LogP contribution in [0.1, 0.15) is 21.1 Å². The standard InChI is InChI=1S/C19H15N3O2S/c23-17-11-22(16-9-5-4-8-14(16)20-17)19(24)15-12-25-18(21-15)10-13-6-2-1-3-7-13/h1-9,12H,10-11H2,(H,20,23). The van der Waals surface area contributed by atoms with Gasteiger partial charge in [-0.05, 0) is 17.7 Å². The second-order valence-corrected chi connectivity index (χ2v) is 6.69. The van der Waals surface area contributed by atoms with Crippen molar-refractivity contribution in [3.05, 3.63) is 76.2 Å². The number of aromatic nitrogens is 1. The lowest BCUT2D eigenvalue weighted by atomic mass is 10.1. The van der Waals surface area contributed by atoms with Gasteiger partial charge in [-0.3, -0.25) is 14.5 Å². The van der Waals surface area contributed by atoms with Crippen LogP contribution in [-0.4, -0.2) is 23.3 Å². The molecule has 1 aliphatic rings. The Labute approximate surface area is 148 Å². The van der Waals surface area contributed by atoms with Crippen LogP contribution in [0.15, 0.2) is 60.0 Å². The van der Waals surface area contributed by atoms with E-state index in [4.69, 9.17) is 0 Å². The maximum absolute atomic E-state index is 12.9. The first-order chi connectivity index (χ1) is 12.2. The van der Waals surface area contributed by atoms with Gasteiger partial charge in [0, 0.05) is 11.8 Å². The van der Waals surface area contributed by atoms with E-state index in [1.807, 2.05) is 48.5 Å². The molecule has 4 rings (SSSR count). The van der Waals surface area contributed by atoms with E-state index in [1.165, 1.54) is 16.2 Å². The van der Waals surface area contributed by atoms with Crippen LogP contribution in [0.25, 0.3) is 0 Å². The summed E-state index contributed by atoms with van der Waals surface area (Å²) in [6.45, 7) is 0.00138. The molecule has 0 spiro atoms. The average molecular weight is 349 g/mol. The molecule has 124 valence electrons. The zero-order valence-electron chi connectivity index (χ0n) is 13.3. The Balaban J connectivity index is 1.59. The molecule has 0 saturated heterocycles. The number of nitrogens with one attached hydrogen (secondary N) is 1. The molecule has 2 aromatic carbocycles. The van der Waals surface area contributed by atoms with Gasteiger partial charge in [-0.2, -0.15) is 0 Å². The first-order valence-electron chi connectivity index (χ1n) is 7.90. The molecule has 1 aliphatic heterocycles. The minimum atomic E-state index is -0.252. The maximum Gasteiger partial charge on any atom is 0.278 e. The summed E-state index contributed by atoms with van der Waals surface area (Å²) in [5, 5.41) is 5.42. The highest BCUT2D eigenvalue weighted by molar-refractivity contribution is 7.09. The van der Waals surface area contributed by atoms with E-state index in [0.717, 1.165) is 10.6 Å². The van der Waals surface area contributed by atoms with Crippen LogP contribution < -0.4 is 10.2 Å². The molecular formula is C19H15N3O2S. The summed E-state index contributed by atoms with van der Waals surface area (Å²) in [5.74, 6) is -0.454. The molecule has 0 atom stereocenters. The van der Waals surface area contributed by atoms with Crippen LogP contribution in [0.5, 0.6) is 0 Å². The monoisotopic (exact) mass is 349 g/mol. The summed E-state index contributed by atoms with van der Waals surface area (Å²) in [6, 6.07) is 17.3. The summed E-state index contributed by atoms with van der Waals surface area (Å²) in [7, 11) is 0. The van der Waals surface area contributed by atoms with Gasteiger partial charge in [-0.15, -0.1) is 11.3 Å². The van der Waals surface area contributed by atoms with E-state index >= 15 is 0 Å². The number of thiazole rings is 1. The summed E-state index contributed by atoms with van der Waals surface area (Å²) < 4.78 is 0. The molecule has 0 unspecified atom stereocenters. The van der Waals surface area contributed by atoms with E-state index in [1.54, 1.807) is 11.4 Å². The molecule has 0 fully saturated rings. The van der Waals surface area contributed by atoms with Crippen molar-refractivity contribution in [1.29, 1.82) is 0 Å². The number of hydrogen-bond donors (Lipinski definition) is 1. The minimum Gasteiger partial charge on any atom is -0.323 e. The smallest absolute Gasteiger partial charge is 0.278 e. The molecule has 2 amide bonds. The van der Waals surface area contributed by atoms with E-state index in [-0.39, 0.29) is 18.4 Å². The van der Waals surface area contributed by atoms with Gasteiger partial charge in [-0.25, -0.2) is 4.98 Å².